The second kappa shape index (κ2) is 5.37. The largest absolute Gasteiger partial charge is 0.348 e. The van der Waals surface area contributed by atoms with Crippen molar-refractivity contribution in [2.24, 2.45) is 0 Å². The molecule has 1 amide bonds. The number of nitrogens with one attached hydrogen (secondary N) is 1. The molecule has 0 heterocycles. The molecule has 2 nitrogen and oxygen atoms in total. The summed E-state index contributed by atoms with van der Waals surface area (Å²) in [5, 5.41) is 2.76. The molecule has 0 spiro atoms. The van der Waals surface area contributed by atoms with Gasteiger partial charge in [-0.25, -0.2) is 0 Å². The first-order chi connectivity index (χ1) is 7.00. The van der Waals surface area contributed by atoms with Gasteiger partial charge in [0.05, 0.1) is 5.56 Å². The minimum absolute atomic E-state index is 0.124. The summed E-state index contributed by atoms with van der Waals surface area (Å²) in [4.78, 5) is 12.5. The second-order valence-electron chi connectivity index (χ2n) is 3.30. The van der Waals surface area contributed by atoms with Crippen molar-refractivity contribution in [3.63, 3.8) is 0 Å². The van der Waals surface area contributed by atoms with Crippen molar-refractivity contribution in [2.75, 3.05) is 6.54 Å². The average molecular weight is 286 g/mol. The Balaban J connectivity index is 2.81. The quantitative estimate of drug-likeness (QED) is 0.649. The number of hydrogen-bond acceptors (Lipinski definition) is 2. The first kappa shape index (κ1) is 12.3. The summed E-state index contributed by atoms with van der Waals surface area (Å²) in [5.41, 5.74) is 1.50. The number of amides is 1. The van der Waals surface area contributed by atoms with Crippen LogP contribution in [0.15, 0.2) is 39.7 Å². The predicted molar refractivity (Wildman–Crippen MR) is 68.5 cm³/mol. The molecule has 0 fully saturated rings. The van der Waals surface area contributed by atoms with Gasteiger partial charge in [0.15, 0.2) is 0 Å². The molecule has 80 valence electrons. The fourth-order valence-corrected chi connectivity index (χ4v) is 1.64. The number of carbonyl (C=O) groups is 1. The molecule has 0 saturated carbocycles. The van der Waals surface area contributed by atoms with Gasteiger partial charge in [0.25, 0.3) is 5.91 Å². The Morgan fingerprint density at radius 3 is 2.87 bits per heavy atom. The molecule has 0 aliphatic carbocycles. The van der Waals surface area contributed by atoms with Gasteiger partial charge in [-0.2, -0.15) is 0 Å². The number of halogens is 1. The zero-order valence-electron chi connectivity index (χ0n) is 8.38. The van der Waals surface area contributed by atoms with Crippen LogP contribution in [0.4, 0.5) is 0 Å². The first-order valence-corrected chi connectivity index (χ1v) is 5.66. The van der Waals surface area contributed by atoms with E-state index in [9.17, 15) is 4.79 Å². The third-order valence-electron chi connectivity index (χ3n) is 1.75. The summed E-state index contributed by atoms with van der Waals surface area (Å²) in [6, 6.07) is 5.35. The van der Waals surface area contributed by atoms with E-state index in [1.54, 1.807) is 12.1 Å². The van der Waals surface area contributed by atoms with E-state index in [2.05, 4.69) is 40.5 Å². The summed E-state index contributed by atoms with van der Waals surface area (Å²) >= 11 is 7.51. The highest BCUT2D eigenvalue weighted by atomic mass is 79.9. The molecule has 0 bridgehead atoms. The van der Waals surface area contributed by atoms with Gasteiger partial charge in [0.2, 0.25) is 0 Å². The van der Waals surface area contributed by atoms with E-state index in [-0.39, 0.29) is 5.91 Å². The molecule has 4 heteroatoms. The Morgan fingerprint density at radius 1 is 1.60 bits per heavy atom. The van der Waals surface area contributed by atoms with E-state index in [0.717, 1.165) is 14.9 Å². The molecule has 0 saturated heterocycles. The van der Waals surface area contributed by atoms with Crippen LogP contribution in [0.5, 0.6) is 0 Å². The van der Waals surface area contributed by atoms with E-state index in [1.807, 2.05) is 13.0 Å². The number of thiol groups is 1. The van der Waals surface area contributed by atoms with Crippen LogP contribution in [0, 0.1) is 0 Å². The molecule has 0 aliphatic rings. The van der Waals surface area contributed by atoms with Gasteiger partial charge in [-0.1, -0.05) is 12.2 Å². The Hall–Kier alpha value is -0.740. The van der Waals surface area contributed by atoms with Gasteiger partial charge >= 0.3 is 0 Å². The molecule has 0 unspecified atom stereocenters. The first-order valence-electron chi connectivity index (χ1n) is 4.42. The lowest BCUT2D eigenvalue weighted by molar-refractivity contribution is 0.0956. The topological polar surface area (TPSA) is 29.1 Å². The van der Waals surface area contributed by atoms with Crippen molar-refractivity contribution in [2.45, 2.75) is 11.8 Å². The zero-order chi connectivity index (χ0) is 11.4. The Morgan fingerprint density at radius 2 is 2.27 bits per heavy atom. The number of carbonyl (C=O) groups excluding carboxylic acids is 1. The van der Waals surface area contributed by atoms with Crippen molar-refractivity contribution >= 4 is 34.5 Å². The Labute approximate surface area is 103 Å². The standard InChI is InChI=1S/C11H12BrNOS/c1-7(2)6-13-11(14)9-5-8(15)3-4-10(9)12/h3-5,15H,1,6H2,2H3,(H,13,14). The van der Waals surface area contributed by atoms with E-state index >= 15 is 0 Å². The lowest BCUT2D eigenvalue weighted by Gasteiger charge is -2.07. The average Bonchev–Trinajstić information content (AvgIpc) is 2.18. The van der Waals surface area contributed by atoms with E-state index < -0.39 is 0 Å². The van der Waals surface area contributed by atoms with Gasteiger partial charge in [0, 0.05) is 15.9 Å². The molecular formula is C11H12BrNOS. The van der Waals surface area contributed by atoms with Crippen LogP contribution in [0.3, 0.4) is 0 Å². The minimum Gasteiger partial charge on any atom is -0.348 e. The van der Waals surface area contributed by atoms with E-state index in [1.165, 1.54) is 0 Å². The summed E-state index contributed by atoms with van der Waals surface area (Å²) in [6.07, 6.45) is 0. The number of rotatable bonds is 3. The molecular weight excluding hydrogens is 274 g/mol. The second-order valence-corrected chi connectivity index (χ2v) is 4.67. The minimum atomic E-state index is -0.124. The molecule has 0 atom stereocenters. The van der Waals surface area contributed by atoms with Gasteiger partial charge in [-0.15, -0.1) is 12.6 Å². The van der Waals surface area contributed by atoms with E-state index in [4.69, 9.17) is 0 Å². The maximum Gasteiger partial charge on any atom is 0.252 e. The lowest BCUT2D eigenvalue weighted by atomic mass is 10.2. The molecule has 0 radical (unpaired) electrons. The van der Waals surface area contributed by atoms with Gasteiger partial charge in [-0.05, 0) is 41.1 Å². The molecule has 1 aromatic carbocycles. The molecule has 1 N–H and O–H groups in total. The summed E-state index contributed by atoms with van der Waals surface area (Å²) < 4.78 is 0.763. The number of benzene rings is 1. The van der Waals surface area contributed by atoms with E-state index in [0.29, 0.717) is 12.1 Å². The highest BCUT2D eigenvalue weighted by molar-refractivity contribution is 9.10. The summed E-state index contributed by atoms with van der Waals surface area (Å²) in [6.45, 7) is 6.07. The molecule has 15 heavy (non-hydrogen) atoms. The highest BCUT2D eigenvalue weighted by Gasteiger charge is 2.09. The maximum atomic E-state index is 11.7. The van der Waals surface area contributed by atoms with Crippen LogP contribution in [-0.2, 0) is 0 Å². The SMILES string of the molecule is C=C(C)CNC(=O)c1cc(S)ccc1Br. The maximum absolute atomic E-state index is 11.7. The third-order valence-corrected chi connectivity index (χ3v) is 2.71. The van der Waals surface area contributed by atoms with Crippen LogP contribution < -0.4 is 5.32 Å². The molecule has 1 rings (SSSR count). The van der Waals surface area contributed by atoms with Crippen molar-refractivity contribution in [3.8, 4) is 0 Å². The normalized spacial score (nSPS) is 9.80. The van der Waals surface area contributed by atoms with Gasteiger partial charge < -0.3 is 5.32 Å². The lowest BCUT2D eigenvalue weighted by Crippen LogP contribution is -2.25. The monoisotopic (exact) mass is 285 g/mol. The van der Waals surface area contributed by atoms with Crippen LogP contribution in [0.25, 0.3) is 0 Å². The zero-order valence-corrected chi connectivity index (χ0v) is 10.9. The van der Waals surface area contributed by atoms with Crippen molar-refractivity contribution in [1.29, 1.82) is 0 Å². The van der Waals surface area contributed by atoms with Crippen molar-refractivity contribution in [1.82, 2.24) is 5.32 Å². The van der Waals surface area contributed by atoms with Crippen molar-refractivity contribution in [3.05, 3.63) is 40.4 Å². The molecule has 0 aromatic heterocycles. The predicted octanol–water partition coefficient (Wildman–Crippen LogP) is 3.04. The van der Waals surface area contributed by atoms with Gasteiger partial charge in [0.1, 0.15) is 0 Å². The smallest absolute Gasteiger partial charge is 0.252 e. The summed E-state index contributed by atoms with van der Waals surface area (Å²) in [5.74, 6) is -0.124. The van der Waals surface area contributed by atoms with Gasteiger partial charge in [-0.3, -0.25) is 4.79 Å². The van der Waals surface area contributed by atoms with Crippen molar-refractivity contribution < 1.29 is 4.79 Å². The molecule has 1 aromatic rings. The van der Waals surface area contributed by atoms with Crippen LogP contribution in [-0.4, -0.2) is 12.5 Å². The Kier molecular flexibility index (Phi) is 4.42. The van der Waals surface area contributed by atoms with Crippen LogP contribution >= 0.6 is 28.6 Å². The highest BCUT2D eigenvalue weighted by Crippen LogP contribution is 2.20. The van der Waals surface area contributed by atoms with Crippen LogP contribution in [0.2, 0.25) is 0 Å². The third kappa shape index (κ3) is 3.72. The fraction of sp³-hybridized carbons (Fsp3) is 0.182. The number of hydrogen-bond donors (Lipinski definition) is 2. The van der Waals surface area contributed by atoms with Crippen LogP contribution in [0.1, 0.15) is 17.3 Å². The molecule has 0 aliphatic heterocycles. The Bertz CT molecular complexity index is 404. The fourth-order valence-electron chi connectivity index (χ4n) is 1.01. The summed E-state index contributed by atoms with van der Waals surface area (Å²) in [7, 11) is 0.